The number of fused-ring (bicyclic) bond motifs is 3. The lowest BCUT2D eigenvalue weighted by molar-refractivity contribution is -0.141. The molecule has 4 heterocycles. The molecule has 4 aliphatic rings. The Kier molecular flexibility index (Phi) is 12.9. The Morgan fingerprint density at radius 1 is 1.02 bits per heavy atom. The molecule has 0 spiro atoms. The van der Waals surface area contributed by atoms with E-state index in [-0.39, 0.29) is 31.5 Å². The summed E-state index contributed by atoms with van der Waals surface area (Å²) in [6.07, 6.45) is 9.92. The molecular formula is C42H55N7O9S2. The molecule has 0 unspecified atom stereocenters. The summed E-state index contributed by atoms with van der Waals surface area (Å²) in [6, 6.07) is 3.54. The number of ether oxygens (including phenoxy) is 3. The summed E-state index contributed by atoms with van der Waals surface area (Å²) in [5.74, 6) is -1.31. The summed E-state index contributed by atoms with van der Waals surface area (Å²) in [5, 5.41) is 12.4. The van der Waals surface area contributed by atoms with Crippen LogP contribution < -0.4 is 30.1 Å². The third-order valence-corrected chi connectivity index (χ3v) is 13.0. The maximum Gasteiger partial charge on any atom is 0.408 e. The van der Waals surface area contributed by atoms with E-state index in [1.54, 1.807) is 13.2 Å². The highest BCUT2D eigenvalue weighted by Crippen LogP contribution is 2.46. The number of thiazole rings is 1. The van der Waals surface area contributed by atoms with E-state index in [9.17, 15) is 27.6 Å². The van der Waals surface area contributed by atoms with Crippen molar-refractivity contribution in [2.75, 3.05) is 25.2 Å². The second kappa shape index (κ2) is 17.9. The van der Waals surface area contributed by atoms with Gasteiger partial charge in [0.1, 0.15) is 47.0 Å². The first-order valence-corrected chi connectivity index (χ1v) is 23.6. The van der Waals surface area contributed by atoms with Gasteiger partial charge in [-0.05, 0) is 84.3 Å². The van der Waals surface area contributed by atoms with Crippen LogP contribution in [0.4, 0.5) is 9.93 Å². The number of rotatable bonds is 10. The number of nitrogens with zero attached hydrogens (tertiary/aromatic N) is 3. The minimum absolute atomic E-state index is 0.0217. The predicted octanol–water partition coefficient (Wildman–Crippen LogP) is 5.35. The van der Waals surface area contributed by atoms with Crippen molar-refractivity contribution in [3.05, 3.63) is 41.3 Å². The van der Waals surface area contributed by atoms with E-state index in [1.165, 1.54) is 16.2 Å². The van der Waals surface area contributed by atoms with E-state index in [0.717, 1.165) is 55.5 Å². The zero-order valence-corrected chi connectivity index (χ0v) is 36.4. The molecule has 2 aliphatic carbocycles. The number of amides is 4. The zero-order valence-electron chi connectivity index (χ0n) is 34.7. The number of alkyl carbamates (subject to hydrolysis) is 1. The van der Waals surface area contributed by atoms with Gasteiger partial charge in [0.25, 0.3) is 5.91 Å². The van der Waals surface area contributed by atoms with Crippen LogP contribution >= 0.6 is 11.3 Å². The fourth-order valence-electron chi connectivity index (χ4n) is 8.47. The number of methoxy groups -OCH3 is 1. The molecule has 5 atom stereocenters. The van der Waals surface area contributed by atoms with Crippen LogP contribution in [-0.4, -0.2) is 103 Å². The van der Waals surface area contributed by atoms with Gasteiger partial charge in [-0.1, -0.05) is 25.0 Å². The molecule has 60 heavy (non-hydrogen) atoms. The van der Waals surface area contributed by atoms with Crippen molar-refractivity contribution >= 4 is 61.2 Å². The molecule has 2 aliphatic heterocycles. The van der Waals surface area contributed by atoms with Gasteiger partial charge in [-0.25, -0.2) is 23.2 Å². The van der Waals surface area contributed by atoms with Crippen molar-refractivity contribution in [1.82, 2.24) is 30.2 Å². The van der Waals surface area contributed by atoms with Crippen LogP contribution in [0, 0.1) is 12.8 Å². The monoisotopic (exact) mass is 865 g/mol. The Bertz CT molecular complexity index is 2260. The number of carbonyl (C=O) groups is 4. The second-order valence-corrected chi connectivity index (χ2v) is 19.3. The summed E-state index contributed by atoms with van der Waals surface area (Å²) in [5.41, 5.74) is 1.08. The summed E-state index contributed by atoms with van der Waals surface area (Å²) in [6.45, 7) is 5.95. The van der Waals surface area contributed by atoms with Gasteiger partial charge in [0.15, 0.2) is 5.13 Å². The maximum atomic E-state index is 14.7. The molecule has 7 rings (SSSR count). The smallest absolute Gasteiger partial charge is 0.408 e. The Morgan fingerprint density at radius 3 is 2.52 bits per heavy atom. The van der Waals surface area contributed by atoms with Gasteiger partial charge in [-0.3, -0.25) is 19.1 Å². The number of hydrogen-bond acceptors (Lipinski definition) is 13. The van der Waals surface area contributed by atoms with Gasteiger partial charge in [0, 0.05) is 40.8 Å². The van der Waals surface area contributed by atoms with Crippen molar-refractivity contribution in [2.24, 2.45) is 5.92 Å². The molecule has 0 bridgehead atoms. The lowest BCUT2D eigenvalue weighted by Gasteiger charge is -2.30. The number of aryl methyl sites for hydroxylation is 1. The second-order valence-electron chi connectivity index (χ2n) is 16.7. The highest BCUT2D eigenvalue weighted by molar-refractivity contribution is 7.89. The number of hydrogen-bond donors (Lipinski definition) is 4. The van der Waals surface area contributed by atoms with Crippen LogP contribution in [0.5, 0.6) is 11.5 Å². The normalized spacial score (nSPS) is 25.7. The molecule has 2 aromatic heterocycles. The van der Waals surface area contributed by atoms with Crippen LogP contribution in [0.3, 0.4) is 0 Å². The highest BCUT2D eigenvalue weighted by Gasteiger charge is 2.61. The van der Waals surface area contributed by atoms with E-state index in [0.29, 0.717) is 53.1 Å². The first-order valence-electron chi connectivity index (χ1n) is 20.8. The topological polar surface area (TPSA) is 207 Å². The Morgan fingerprint density at radius 2 is 1.78 bits per heavy atom. The predicted molar refractivity (Wildman–Crippen MR) is 227 cm³/mol. The number of allylic oxidation sites excluding steroid dienone is 1. The first kappa shape index (κ1) is 43.1. The van der Waals surface area contributed by atoms with E-state index in [2.05, 4.69) is 20.7 Å². The van der Waals surface area contributed by atoms with E-state index >= 15 is 0 Å². The molecule has 1 aromatic carbocycles. The number of nitrogens with one attached hydrogen (secondary N) is 4. The van der Waals surface area contributed by atoms with Crippen molar-refractivity contribution in [3.8, 4) is 22.9 Å². The van der Waals surface area contributed by atoms with E-state index in [1.807, 2.05) is 50.4 Å². The van der Waals surface area contributed by atoms with Crippen LogP contribution in [0.2, 0.25) is 0 Å². The van der Waals surface area contributed by atoms with E-state index < -0.39 is 63.5 Å². The molecule has 18 heteroatoms. The van der Waals surface area contributed by atoms with Crippen LogP contribution in [0.15, 0.2) is 35.7 Å². The van der Waals surface area contributed by atoms with Gasteiger partial charge in [-0.15, -0.1) is 11.3 Å². The van der Waals surface area contributed by atoms with Gasteiger partial charge >= 0.3 is 6.09 Å². The van der Waals surface area contributed by atoms with Crippen LogP contribution in [0.1, 0.15) is 90.0 Å². The lowest BCUT2D eigenvalue weighted by Crippen LogP contribution is -2.58. The molecule has 1 saturated heterocycles. The van der Waals surface area contributed by atoms with Crippen LogP contribution in [0.25, 0.3) is 22.3 Å². The molecule has 324 valence electrons. The number of benzene rings is 1. The molecule has 3 aromatic rings. The standard InChI is InChI=1S/C42H55N7O9S2/c1-24(2)43-40-45-32(23-59-40)31-20-35(29-17-18-34(56-4)25(3)36(29)44-31)57-28-19-33-37(50)47-42(39(52)48-60(5,54)55)21-26(42)13-9-7-6-8-10-16-30(38(51)49(33)22-28)46-41(53)58-27-14-11-12-15-27/h9,13,17-18,20,23-24,26-28,30,33H,6-8,10-12,14-16,19,21-22H2,1-5H3,(H,43,45)(H,46,53)(H,47,50)(H,48,52)/b13-9-/t26-,28-,30+,33+,42-/m1/s1. The minimum atomic E-state index is -3.95. The largest absolute Gasteiger partial charge is 0.496 e. The molecule has 3 fully saturated rings. The summed E-state index contributed by atoms with van der Waals surface area (Å²) in [4.78, 5) is 67.3. The minimum Gasteiger partial charge on any atom is -0.496 e. The van der Waals surface area contributed by atoms with Crippen LogP contribution in [-0.2, 0) is 29.1 Å². The van der Waals surface area contributed by atoms with Gasteiger partial charge < -0.3 is 35.1 Å². The molecule has 0 radical (unpaired) electrons. The number of sulfonamides is 1. The SMILES string of the molecule is COc1ccc2c(O[C@@H]3C[C@H]4C(=O)N[C@]5(C(=O)NS(C)(=O)=O)C[C@H]5/C=C\CCCCC[C@H](NC(=O)OC5CCCC5)C(=O)N4C3)cc(-c3csc(NC(C)C)n3)nc2c1C. The maximum absolute atomic E-state index is 14.7. The Balaban J connectivity index is 1.23. The third-order valence-electron chi connectivity index (χ3n) is 11.6. The number of carbonyl (C=O) groups excluding carboxylic acids is 4. The van der Waals surface area contributed by atoms with Crippen molar-refractivity contribution in [2.45, 2.75) is 127 Å². The van der Waals surface area contributed by atoms with Gasteiger partial charge in [0.05, 0.1) is 31.1 Å². The number of aromatic nitrogens is 2. The van der Waals surface area contributed by atoms with Crippen molar-refractivity contribution in [1.29, 1.82) is 0 Å². The number of anilines is 1. The molecule has 2 saturated carbocycles. The Hall–Kier alpha value is -4.97. The van der Waals surface area contributed by atoms with Crippen molar-refractivity contribution in [3.63, 3.8) is 0 Å². The third kappa shape index (κ3) is 9.80. The number of pyridine rings is 1. The quantitative estimate of drug-likeness (QED) is 0.190. The average molecular weight is 866 g/mol. The fraction of sp³-hybridized carbons (Fsp3) is 0.571. The summed E-state index contributed by atoms with van der Waals surface area (Å²) < 4.78 is 44.6. The fourth-order valence-corrected chi connectivity index (χ4v) is 9.84. The molecule has 4 amide bonds. The lowest BCUT2D eigenvalue weighted by atomic mass is 10.0. The van der Waals surface area contributed by atoms with Gasteiger partial charge in [-0.2, -0.15) is 0 Å². The summed E-state index contributed by atoms with van der Waals surface area (Å²) in [7, 11) is -2.36. The Labute approximate surface area is 354 Å². The highest BCUT2D eigenvalue weighted by atomic mass is 32.2. The summed E-state index contributed by atoms with van der Waals surface area (Å²) >= 11 is 1.46. The van der Waals surface area contributed by atoms with Crippen molar-refractivity contribution < 1.29 is 41.8 Å². The zero-order chi connectivity index (χ0) is 42.8. The molecule has 4 N–H and O–H groups in total. The molecule has 16 nitrogen and oxygen atoms in total. The first-order chi connectivity index (χ1) is 28.6. The molecular weight excluding hydrogens is 811 g/mol. The average Bonchev–Trinajstić information content (AvgIpc) is 3.61. The van der Waals surface area contributed by atoms with E-state index in [4.69, 9.17) is 24.2 Å². The van der Waals surface area contributed by atoms with Gasteiger partial charge in [0.2, 0.25) is 21.8 Å².